The number of amides is 1. The fourth-order valence-corrected chi connectivity index (χ4v) is 4.11. The molecule has 4 nitrogen and oxygen atoms in total. The number of thiophene rings is 1. The summed E-state index contributed by atoms with van der Waals surface area (Å²) >= 11 is 1.52. The summed E-state index contributed by atoms with van der Waals surface area (Å²) in [6.07, 6.45) is 0.914. The molecule has 0 atom stereocenters. The van der Waals surface area contributed by atoms with E-state index in [4.69, 9.17) is 4.98 Å². The molecule has 1 aromatic carbocycles. The number of benzene rings is 1. The van der Waals surface area contributed by atoms with Crippen LogP contribution in [0.2, 0.25) is 0 Å². The maximum atomic E-state index is 13.7. The molecule has 0 radical (unpaired) electrons. The smallest absolute Gasteiger partial charge is 0.264 e. The fraction of sp³-hybridized carbons (Fsp3) is 0.429. The molecule has 0 bridgehead atoms. The Kier molecular flexibility index (Phi) is 5.95. The molecule has 144 valence electrons. The molecule has 0 spiro atoms. The summed E-state index contributed by atoms with van der Waals surface area (Å²) in [5, 5.41) is 0. The first-order chi connectivity index (χ1) is 12.9. The number of halogens is 1. The van der Waals surface area contributed by atoms with E-state index in [1.807, 2.05) is 28.5 Å². The van der Waals surface area contributed by atoms with E-state index >= 15 is 0 Å². The number of fused-ring (bicyclic) bond motifs is 1. The van der Waals surface area contributed by atoms with Crippen LogP contribution in [0.15, 0.2) is 30.3 Å². The molecule has 27 heavy (non-hydrogen) atoms. The second-order valence-electron chi connectivity index (χ2n) is 7.30. The number of hydrogen-bond donors (Lipinski definition) is 0. The SMILES string of the molecule is CCCn1c(CN(CC(C)C)C(=O)c2ccc(C)s2)nc2ccc(F)cc21. The van der Waals surface area contributed by atoms with Crippen LogP contribution in [0.5, 0.6) is 0 Å². The van der Waals surface area contributed by atoms with E-state index in [1.54, 1.807) is 6.07 Å². The maximum Gasteiger partial charge on any atom is 0.264 e. The van der Waals surface area contributed by atoms with Crippen LogP contribution in [0.25, 0.3) is 11.0 Å². The van der Waals surface area contributed by atoms with Crippen LogP contribution in [0, 0.1) is 18.7 Å². The van der Waals surface area contributed by atoms with E-state index in [-0.39, 0.29) is 11.7 Å². The Morgan fingerprint density at radius 1 is 1.30 bits per heavy atom. The van der Waals surface area contributed by atoms with Crippen LogP contribution in [-0.4, -0.2) is 26.9 Å². The number of aryl methyl sites for hydroxylation is 2. The van der Waals surface area contributed by atoms with Crippen LogP contribution >= 0.6 is 11.3 Å². The van der Waals surface area contributed by atoms with Gasteiger partial charge in [-0.3, -0.25) is 4.79 Å². The fourth-order valence-electron chi connectivity index (χ4n) is 3.28. The zero-order chi connectivity index (χ0) is 19.6. The molecule has 0 saturated heterocycles. The lowest BCUT2D eigenvalue weighted by Gasteiger charge is -2.24. The van der Waals surface area contributed by atoms with Crippen molar-refractivity contribution in [1.29, 1.82) is 0 Å². The van der Waals surface area contributed by atoms with Gasteiger partial charge in [0.1, 0.15) is 11.6 Å². The number of imidazole rings is 1. The first kappa shape index (κ1) is 19.5. The van der Waals surface area contributed by atoms with Crippen LogP contribution < -0.4 is 0 Å². The summed E-state index contributed by atoms with van der Waals surface area (Å²) in [5.74, 6) is 0.912. The predicted octanol–water partition coefficient (Wildman–Crippen LogP) is 5.25. The number of hydrogen-bond acceptors (Lipinski definition) is 3. The Hall–Kier alpha value is -2.21. The van der Waals surface area contributed by atoms with Gasteiger partial charge >= 0.3 is 0 Å². The zero-order valence-electron chi connectivity index (χ0n) is 16.3. The lowest BCUT2D eigenvalue weighted by molar-refractivity contribution is 0.0721. The van der Waals surface area contributed by atoms with Gasteiger partial charge in [-0.2, -0.15) is 0 Å². The van der Waals surface area contributed by atoms with E-state index in [0.29, 0.717) is 19.0 Å². The largest absolute Gasteiger partial charge is 0.330 e. The molecule has 1 amide bonds. The van der Waals surface area contributed by atoms with Crippen molar-refractivity contribution in [3.05, 3.63) is 51.7 Å². The van der Waals surface area contributed by atoms with Crippen molar-refractivity contribution in [2.45, 2.75) is 47.2 Å². The summed E-state index contributed by atoms with van der Waals surface area (Å²) in [6.45, 7) is 10.1. The molecule has 3 aromatic rings. The van der Waals surface area contributed by atoms with Crippen LogP contribution in [0.3, 0.4) is 0 Å². The highest BCUT2D eigenvalue weighted by Gasteiger charge is 2.22. The highest BCUT2D eigenvalue weighted by molar-refractivity contribution is 7.13. The monoisotopic (exact) mass is 387 g/mol. The second-order valence-corrected chi connectivity index (χ2v) is 8.59. The van der Waals surface area contributed by atoms with Gasteiger partial charge in [0.25, 0.3) is 5.91 Å². The van der Waals surface area contributed by atoms with Crippen LogP contribution in [0.4, 0.5) is 4.39 Å². The van der Waals surface area contributed by atoms with E-state index in [0.717, 1.165) is 39.6 Å². The van der Waals surface area contributed by atoms with Gasteiger partial charge in [-0.15, -0.1) is 11.3 Å². The topological polar surface area (TPSA) is 38.1 Å². The number of carbonyl (C=O) groups excluding carboxylic acids is 1. The van der Waals surface area contributed by atoms with Crippen molar-refractivity contribution in [1.82, 2.24) is 14.5 Å². The van der Waals surface area contributed by atoms with E-state index in [9.17, 15) is 9.18 Å². The molecule has 3 rings (SSSR count). The average molecular weight is 388 g/mol. The molecule has 0 aliphatic heterocycles. The van der Waals surface area contributed by atoms with Gasteiger partial charge in [-0.05, 0) is 49.6 Å². The summed E-state index contributed by atoms with van der Waals surface area (Å²) in [5.41, 5.74) is 1.56. The lowest BCUT2D eigenvalue weighted by atomic mass is 10.2. The molecule has 0 N–H and O–H groups in total. The van der Waals surface area contributed by atoms with Gasteiger partial charge in [0.2, 0.25) is 0 Å². The van der Waals surface area contributed by atoms with Gasteiger partial charge in [-0.25, -0.2) is 9.37 Å². The van der Waals surface area contributed by atoms with Gasteiger partial charge < -0.3 is 9.47 Å². The van der Waals surface area contributed by atoms with E-state index < -0.39 is 0 Å². The molecule has 0 fully saturated rings. The minimum absolute atomic E-state index is 0.0306. The van der Waals surface area contributed by atoms with Crippen molar-refractivity contribution in [3.63, 3.8) is 0 Å². The molecular weight excluding hydrogens is 361 g/mol. The standard InChI is InChI=1S/C21H26FN3OS/c1-5-10-25-18-11-16(22)7-8-17(18)23-20(25)13-24(12-14(2)3)21(26)19-9-6-15(4)27-19/h6-9,11,14H,5,10,12-13H2,1-4H3. The van der Waals surface area contributed by atoms with E-state index in [1.165, 1.54) is 23.5 Å². The normalized spacial score (nSPS) is 11.5. The van der Waals surface area contributed by atoms with Crippen molar-refractivity contribution in [2.75, 3.05) is 6.54 Å². The Morgan fingerprint density at radius 3 is 2.70 bits per heavy atom. The molecule has 2 aromatic heterocycles. The van der Waals surface area contributed by atoms with Crippen molar-refractivity contribution in [3.8, 4) is 0 Å². The first-order valence-electron chi connectivity index (χ1n) is 9.39. The second kappa shape index (κ2) is 8.21. The third kappa shape index (κ3) is 4.38. The Bertz CT molecular complexity index is 944. The number of nitrogens with zero attached hydrogens (tertiary/aromatic N) is 3. The number of rotatable bonds is 7. The molecule has 0 unspecified atom stereocenters. The molecule has 0 aliphatic rings. The first-order valence-corrected chi connectivity index (χ1v) is 10.2. The minimum atomic E-state index is -0.268. The maximum absolute atomic E-state index is 13.7. The predicted molar refractivity (Wildman–Crippen MR) is 109 cm³/mol. The third-order valence-corrected chi connectivity index (χ3v) is 5.38. The van der Waals surface area contributed by atoms with E-state index in [2.05, 4.69) is 20.8 Å². The molecule has 6 heteroatoms. The highest BCUT2D eigenvalue weighted by atomic mass is 32.1. The van der Waals surface area contributed by atoms with Crippen molar-refractivity contribution in [2.24, 2.45) is 5.92 Å². The van der Waals surface area contributed by atoms with Crippen LogP contribution in [-0.2, 0) is 13.1 Å². The summed E-state index contributed by atoms with van der Waals surface area (Å²) in [4.78, 5) is 21.5. The highest BCUT2D eigenvalue weighted by Crippen LogP contribution is 2.22. The summed E-state index contributed by atoms with van der Waals surface area (Å²) in [7, 11) is 0. The molecule has 2 heterocycles. The Morgan fingerprint density at radius 2 is 2.07 bits per heavy atom. The molecule has 0 saturated carbocycles. The number of carbonyl (C=O) groups is 1. The summed E-state index contributed by atoms with van der Waals surface area (Å²) in [6, 6.07) is 8.53. The molecular formula is C21H26FN3OS. The van der Waals surface area contributed by atoms with Gasteiger partial charge in [0, 0.05) is 18.0 Å². The summed E-state index contributed by atoms with van der Waals surface area (Å²) < 4.78 is 15.8. The lowest BCUT2D eigenvalue weighted by Crippen LogP contribution is -2.34. The minimum Gasteiger partial charge on any atom is -0.330 e. The van der Waals surface area contributed by atoms with Gasteiger partial charge in [0.15, 0.2) is 0 Å². The Balaban J connectivity index is 1.97. The number of aromatic nitrogens is 2. The van der Waals surface area contributed by atoms with Crippen molar-refractivity contribution >= 4 is 28.3 Å². The zero-order valence-corrected chi connectivity index (χ0v) is 17.1. The Labute approximate surface area is 163 Å². The third-order valence-electron chi connectivity index (χ3n) is 4.39. The van der Waals surface area contributed by atoms with Gasteiger partial charge in [0.05, 0.1) is 22.5 Å². The van der Waals surface area contributed by atoms with Gasteiger partial charge in [-0.1, -0.05) is 20.8 Å². The van der Waals surface area contributed by atoms with Crippen molar-refractivity contribution < 1.29 is 9.18 Å². The quantitative estimate of drug-likeness (QED) is 0.555. The molecule has 0 aliphatic carbocycles. The average Bonchev–Trinajstić information content (AvgIpc) is 3.18. The van der Waals surface area contributed by atoms with Crippen LogP contribution in [0.1, 0.15) is 47.6 Å².